The second-order valence-corrected chi connectivity index (χ2v) is 10.3. The number of para-hydroxylation sites is 1. The van der Waals surface area contributed by atoms with Gasteiger partial charge in [0.25, 0.3) is 0 Å². The van der Waals surface area contributed by atoms with Crippen molar-refractivity contribution in [2.75, 3.05) is 5.32 Å². The third-order valence-corrected chi connectivity index (χ3v) is 6.16. The first kappa shape index (κ1) is 24.7. The van der Waals surface area contributed by atoms with Crippen molar-refractivity contribution < 1.29 is 4.79 Å². The molecule has 0 radical (unpaired) electrons. The highest BCUT2D eigenvalue weighted by atomic mass is 35.5. The fourth-order valence-corrected chi connectivity index (χ4v) is 4.01. The van der Waals surface area contributed by atoms with Crippen LogP contribution in [0, 0.1) is 5.41 Å². The van der Waals surface area contributed by atoms with E-state index in [1.54, 1.807) is 0 Å². The number of nitrogens with zero attached hydrogens (tertiary/aromatic N) is 1. The van der Waals surface area contributed by atoms with Gasteiger partial charge in [0.1, 0.15) is 0 Å². The number of amides is 1. The van der Waals surface area contributed by atoms with Gasteiger partial charge in [0, 0.05) is 27.2 Å². The molecular weight excluding hydrogens is 452 g/mol. The maximum absolute atomic E-state index is 12.4. The topological polar surface area (TPSA) is 42.0 Å². The monoisotopic (exact) mass is 482 g/mol. The van der Waals surface area contributed by atoms with E-state index in [1.807, 2.05) is 57.2 Å². The minimum absolute atomic E-state index is 0.0191. The van der Waals surface area contributed by atoms with Crippen LogP contribution in [0.5, 0.6) is 0 Å². The Hall–Kier alpha value is -3.43. The predicted octanol–water partition coefficient (Wildman–Crippen LogP) is 7.91. The molecule has 0 aliphatic carbocycles. The van der Waals surface area contributed by atoms with Gasteiger partial charge in [-0.2, -0.15) is 0 Å². The summed E-state index contributed by atoms with van der Waals surface area (Å²) in [6.07, 6.45) is 6.82. The van der Waals surface area contributed by atoms with Crippen LogP contribution >= 0.6 is 11.6 Å². The number of benzene rings is 3. The van der Waals surface area contributed by atoms with Crippen molar-refractivity contribution >= 4 is 40.2 Å². The van der Waals surface area contributed by atoms with E-state index in [0.29, 0.717) is 5.02 Å². The van der Waals surface area contributed by atoms with Crippen molar-refractivity contribution in [3.63, 3.8) is 0 Å². The number of anilines is 1. The number of aryl methyl sites for hydroxylation is 2. The number of pyridine rings is 1. The van der Waals surface area contributed by atoms with Crippen LogP contribution in [0.3, 0.4) is 0 Å². The molecule has 0 fully saturated rings. The fourth-order valence-electron chi connectivity index (χ4n) is 3.85. The molecule has 1 heterocycles. The lowest BCUT2D eigenvalue weighted by Gasteiger charge is -2.19. The molecule has 0 unspecified atom stereocenters. The molecule has 0 spiro atoms. The Kier molecular flexibility index (Phi) is 7.67. The molecular formula is C31H31ClN2O. The number of allylic oxidation sites excluding steroid dienone is 1. The molecule has 1 amide bonds. The van der Waals surface area contributed by atoms with Gasteiger partial charge in [0.15, 0.2) is 0 Å². The molecule has 178 valence electrons. The van der Waals surface area contributed by atoms with Gasteiger partial charge in [0.05, 0.1) is 5.52 Å². The molecule has 0 aliphatic heterocycles. The Bertz CT molecular complexity index is 1370. The number of hydrogen-bond donors (Lipinski definition) is 1. The summed E-state index contributed by atoms with van der Waals surface area (Å²) in [5.74, 6) is 0.0191. The highest BCUT2D eigenvalue weighted by molar-refractivity contribution is 6.31. The zero-order chi connectivity index (χ0) is 24.8. The first-order valence-electron chi connectivity index (χ1n) is 12.0. The molecule has 0 bridgehead atoms. The van der Waals surface area contributed by atoms with Crippen LogP contribution in [0.25, 0.3) is 17.0 Å². The number of fused-ring (bicyclic) bond motifs is 1. The van der Waals surface area contributed by atoms with Gasteiger partial charge in [-0.3, -0.25) is 9.78 Å². The minimum Gasteiger partial charge on any atom is -0.325 e. The predicted molar refractivity (Wildman–Crippen MR) is 148 cm³/mol. The first-order valence-corrected chi connectivity index (χ1v) is 12.4. The minimum atomic E-state index is -0.432. The molecule has 3 aromatic carbocycles. The molecule has 0 saturated heterocycles. The SMILES string of the molecule is CC(C)(C)C(=O)Nc1ccccc1C/C=C/c1cccc(CCc2ccc3ccc(Cl)cc3n2)c1. The van der Waals surface area contributed by atoms with Crippen LogP contribution in [-0.4, -0.2) is 10.9 Å². The van der Waals surface area contributed by atoms with E-state index < -0.39 is 5.41 Å². The highest BCUT2D eigenvalue weighted by Crippen LogP contribution is 2.22. The fraction of sp³-hybridized carbons (Fsp3) is 0.226. The van der Waals surface area contributed by atoms with Crippen molar-refractivity contribution in [2.45, 2.75) is 40.0 Å². The van der Waals surface area contributed by atoms with Crippen molar-refractivity contribution in [2.24, 2.45) is 5.41 Å². The summed E-state index contributed by atoms with van der Waals surface area (Å²) in [5.41, 5.74) is 5.98. The van der Waals surface area contributed by atoms with Crippen molar-refractivity contribution in [1.82, 2.24) is 4.98 Å². The van der Waals surface area contributed by atoms with Gasteiger partial charge in [-0.25, -0.2) is 0 Å². The molecule has 0 aliphatic rings. The summed E-state index contributed by atoms with van der Waals surface area (Å²) in [5, 5.41) is 4.88. The second-order valence-electron chi connectivity index (χ2n) is 9.85. The highest BCUT2D eigenvalue weighted by Gasteiger charge is 2.21. The number of nitrogens with one attached hydrogen (secondary N) is 1. The van der Waals surface area contributed by atoms with E-state index in [2.05, 4.69) is 59.9 Å². The maximum Gasteiger partial charge on any atom is 0.229 e. The van der Waals surface area contributed by atoms with Gasteiger partial charge in [-0.05, 0) is 60.2 Å². The first-order chi connectivity index (χ1) is 16.8. The van der Waals surface area contributed by atoms with Crippen LogP contribution in [0.4, 0.5) is 5.69 Å². The Balaban J connectivity index is 1.39. The van der Waals surface area contributed by atoms with Crippen LogP contribution < -0.4 is 5.32 Å². The summed E-state index contributed by atoms with van der Waals surface area (Å²) in [6, 6.07) is 26.6. The van der Waals surface area contributed by atoms with Crippen LogP contribution in [-0.2, 0) is 24.1 Å². The van der Waals surface area contributed by atoms with E-state index >= 15 is 0 Å². The Labute approximate surface area is 212 Å². The molecule has 0 atom stereocenters. The quantitative estimate of drug-likeness (QED) is 0.290. The van der Waals surface area contributed by atoms with Gasteiger partial charge >= 0.3 is 0 Å². The summed E-state index contributed by atoms with van der Waals surface area (Å²) in [6.45, 7) is 5.76. The third kappa shape index (κ3) is 6.80. The Morgan fingerprint density at radius 3 is 2.57 bits per heavy atom. The average Bonchev–Trinajstić information content (AvgIpc) is 2.83. The van der Waals surface area contributed by atoms with Crippen LogP contribution in [0.2, 0.25) is 5.02 Å². The molecule has 4 rings (SSSR count). The summed E-state index contributed by atoms with van der Waals surface area (Å²) in [4.78, 5) is 17.2. The summed E-state index contributed by atoms with van der Waals surface area (Å²) in [7, 11) is 0. The van der Waals surface area contributed by atoms with E-state index in [0.717, 1.165) is 52.7 Å². The average molecular weight is 483 g/mol. The number of carbonyl (C=O) groups is 1. The summed E-state index contributed by atoms with van der Waals surface area (Å²) >= 11 is 6.13. The zero-order valence-electron chi connectivity index (χ0n) is 20.5. The number of aromatic nitrogens is 1. The van der Waals surface area contributed by atoms with E-state index in [-0.39, 0.29) is 5.91 Å². The van der Waals surface area contributed by atoms with Crippen LogP contribution in [0.1, 0.15) is 43.2 Å². The van der Waals surface area contributed by atoms with Crippen molar-refractivity contribution in [3.8, 4) is 0 Å². The lowest BCUT2D eigenvalue weighted by atomic mass is 9.95. The van der Waals surface area contributed by atoms with E-state index in [9.17, 15) is 4.79 Å². The number of carbonyl (C=O) groups excluding carboxylic acids is 1. The molecule has 1 aromatic heterocycles. The molecule has 4 heteroatoms. The zero-order valence-corrected chi connectivity index (χ0v) is 21.3. The Morgan fingerprint density at radius 1 is 0.943 bits per heavy atom. The van der Waals surface area contributed by atoms with Gasteiger partial charge < -0.3 is 5.32 Å². The van der Waals surface area contributed by atoms with Crippen LogP contribution in [0.15, 0.2) is 84.9 Å². The van der Waals surface area contributed by atoms with E-state index in [1.165, 1.54) is 5.56 Å². The molecule has 35 heavy (non-hydrogen) atoms. The molecule has 3 nitrogen and oxygen atoms in total. The molecule has 4 aromatic rings. The standard InChI is InChI=1S/C31H31ClN2O/c1-31(2,3)30(35)34-28-13-5-4-11-24(28)12-7-10-22-8-6-9-23(20-22)14-18-27-19-16-25-15-17-26(32)21-29(25)33-27/h4-11,13,15-17,19-21H,12,14,18H2,1-3H3,(H,34,35)/b10-7+. The smallest absolute Gasteiger partial charge is 0.229 e. The largest absolute Gasteiger partial charge is 0.325 e. The van der Waals surface area contributed by atoms with E-state index in [4.69, 9.17) is 16.6 Å². The van der Waals surface area contributed by atoms with Gasteiger partial charge in [0.2, 0.25) is 5.91 Å². The molecule has 0 saturated carbocycles. The number of hydrogen-bond acceptors (Lipinski definition) is 2. The third-order valence-electron chi connectivity index (χ3n) is 5.93. The lowest BCUT2D eigenvalue weighted by molar-refractivity contribution is -0.123. The molecule has 1 N–H and O–H groups in total. The van der Waals surface area contributed by atoms with Crippen molar-refractivity contribution in [3.05, 3.63) is 112 Å². The normalized spacial score (nSPS) is 11.8. The Morgan fingerprint density at radius 2 is 1.74 bits per heavy atom. The second kappa shape index (κ2) is 10.9. The van der Waals surface area contributed by atoms with Crippen molar-refractivity contribution in [1.29, 1.82) is 0 Å². The lowest BCUT2D eigenvalue weighted by Crippen LogP contribution is -2.28. The maximum atomic E-state index is 12.4. The number of rotatable bonds is 7. The number of halogens is 1. The van der Waals surface area contributed by atoms with Gasteiger partial charge in [-0.1, -0.05) is 99.1 Å². The summed E-state index contributed by atoms with van der Waals surface area (Å²) < 4.78 is 0. The van der Waals surface area contributed by atoms with Gasteiger partial charge in [-0.15, -0.1) is 0 Å².